The lowest BCUT2D eigenvalue weighted by atomic mass is 9.92. The Morgan fingerprint density at radius 1 is 1.47 bits per heavy atom. The number of nitrogens with one attached hydrogen (secondary N) is 1. The van der Waals surface area contributed by atoms with Crippen LogP contribution in [0.3, 0.4) is 0 Å². The number of hydrogen-bond donors (Lipinski definition) is 1. The molecule has 0 unspecified atom stereocenters. The van der Waals surface area contributed by atoms with Crippen molar-refractivity contribution in [3.05, 3.63) is 0 Å². The lowest BCUT2D eigenvalue weighted by molar-refractivity contribution is -0.0796. The summed E-state index contributed by atoms with van der Waals surface area (Å²) < 4.78 is 10.4. The molecule has 0 radical (unpaired) electrons. The van der Waals surface area contributed by atoms with Crippen LogP contribution in [0.1, 0.15) is 40.5 Å². The lowest BCUT2D eigenvalue weighted by Gasteiger charge is -2.42. The van der Waals surface area contributed by atoms with Gasteiger partial charge < -0.3 is 14.8 Å². The molecule has 4 nitrogen and oxygen atoms in total. The summed E-state index contributed by atoms with van der Waals surface area (Å²) in [4.78, 5) is 11.6. The summed E-state index contributed by atoms with van der Waals surface area (Å²) in [6, 6.07) is 0. The first-order chi connectivity index (χ1) is 6.87. The molecule has 88 valence electrons. The van der Waals surface area contributed by atoms with Gasteiger partial charge in [0, 0.05) is 0 Å². The van der Waals surface area contributed by atoms with Crippen molar-refractivity contribution in [2.75, 3.05) is 13.2 Å². The van der Waals surface area contributed by atoms with Gasteiger partial charge in [-0.3, -0.25) is 0 Å². The van der Waals surface area contributed by atoms with E-state index in [4.69, 9.17) is 9.47 Å². The third-order valence-electron chi connectivity index (χ3n) is 2.25. The van der Waals surface area contributed by atoms with Crippen LogP contribution in [0.2, 0.25) is 0 Å². The van der Waals surface area contributed by atoms with Crippen molar-refractivity contribution >= 4 is 6.09 Å². The predicted molar refractivity (Wildman–Crippen MR) is 57.8 cm³/mol. The summed E-state index contributed by atoms with van der Waals surface area (Å²) in [6.45, 7) is 8.86. The van der Waals surface area contributed by atoms with Crippen LogP contribution in [0.25, 0.3) is 0 Å². The van der Waals surface area contributed by atoms with E-state index in [9.17, 15) is 4.79 Å². The van der Waals surface area contributed by atoms with E-state index in [0.717, 1.165) is 12.8 Å². The third-order valence-corrected chi connectivity index (χ3v) is 2.25. The van der Waals surface area contributed by atoms with Gasteiger partial charge in [0.05, 0.1) is 18.8 Å². The number of carbonyl (C=O) groups excluding carboxylic acids is 1. The maximum Gasteiger partial charge on any atom is 0.408 e. The Balaban J connectivity index is 2.42. The fraction of sp³-hybridized carbons (Fsp3) is 0.909. The molecule has 1 fully saturated rings. The van der Waals surface area contributed by atoms with Crippen LogP contribution in [0.15, 0.2) is 0 Å². The minimum Gasteiger partial charge on any atom is -0.444 e. The third kappa shape index (κ3) is 3.70. The smallest absolute Gasteiger partial charge is 0.408 e. The molecule has 1 saturated heterocycles. The van der Waals surface area contributed by atoms with E-state index in [1.807, 2.05) is 20.8 Å². The SMILES string of the molecule is CCCC1(NC(=O)OC(C)(C)C)COC1. The maximum absolute atomic E-state index is 11.6. The van der Waals surface area contributed by atoms with Gasteiger partial charge in [0.15, 0.2) is 0 Å². The van der Waals surface area contributed by atoms with Gasteiger partial charge in [-0.15, -0.1) is 0 Å². The molecule has 1 aliphatic heterocycles. The molecule has 15 heavy (non-hydrogen) atoms. The zero-order chi connectivity index (χ0) is 11.5. The van der Waals surface area contributed by atoms with Gasteiger partial charge in [0.1, 0.15) is 5.60 Å². The van der Waals surface area contributed by atoms with Gasteiger partial charge >= 0.3 is 6.09 Å². The zero-order valence-electron chi connectivity index (χ0n) is 10.1. The number of hydrogen-bond acceptors (Lipinski definition) is 3. The van der Waals surface area contributed by atoms with Crippen molar-refractivity contribution in [1.82, 2.24) is 5.32 Å². The lowest BCUT2D eigenvalue weighted by Crippen LogP contribution is -2.62. The van der Waals surface area contributed by atoms with Crippen molar-refractivity contribution < 1.29 is 14.3 Å². The van der Waals surface area contributed by atoms with E-state index in [1.165, 1.54) is 0 Å². The molecule has 0 aromatic carbocycles. The van der Waals surface area contributed by atoms with Gasteiger partial charge in [-0.25, -0.2) is 4.79 Å². The topological polar surface area (TPSA) is 47.6 Å². The van der Waals surface area contributed by atoms with Gasteiger partial charge in [-0.2, -0.15) is 0 Å². The highest BCUT2D eigenvalue weighted by Gasteiger charge is 2.40. The zero-order valence-corrected chi connectivity index (χ0v) is 10.1. The Morgan fingerprint density at radius 2 is 2.07 bits per heavy atom. The first-order valence-corrected chi connectivity index (χ1v) is 5.46. The Bertz CT molecular complexity index is 228. The molecule has 1 rings (SSSR count). The van der Waals surface area contributed by atoms with Gasteiger partial charge in [0.25, 0.3) is 0 Å². The molecule has 0 spiro atoms. The fourth-order valence-electron chi connectivity index (χ4n) is 1.63. The van der Waals surface area contributed by atoms with E-state index in [1.54, 1.807) is 0 Å². The van der Waals surface area contributed by atoms with Gasteiger partial charge in [0.2, 0.25) is 0 Å². The number of amides is 1. The van der Waals surface area contributed by atoms with Crippen molar-refractivity contribution in [3.8, 4) is 0 Å². The first-order valence-electron chi connectivity index (χ1n) is 5.46. The maximum atomic E-state index is 11.6. The molecular weight excluding hydrogens is 194 g/mol. The van der Waals surface area contributed by atoms with E-state index < -0.39 is 5.60 Å². The fourth-order valence-corrected chi connectivity index (χ4v) is 1.63. The number of carbonyl (C=O) groups is 1. The van der Waals surface area contributed by atoms with Gasteiger partial charge in [-0.05, 0) is 27.2 Å². The summed E-state index contributed by atoms with van der Waals surface area (Å²) >= 11 is 0. The van der Waals surface area contributed by atoms with E-state index >= 15 is 0 Å². The highest BCUT2D eigenvalue weighted by molar-refractivity contribution is 5.69. The summed E-state index contributed by atoms with van der Waals surface area (Å²) in [5, 5.41) is 2.90. The van der Waals surface area contributed by atoms with Crippen LogP contribution in [-0.2, 0) is 9.47 Å². The summed E-state index contributed by atoms with van der Waals surface area (Å²) in [5.74, 6) is 0. The van der Waals surface area contributed by atoms with E-state index in [-0.39, 0.29) is 11.6 Å². The molecule has 1 aliphatic rings. The van der Waals surface area contributed by atoms with Crippen LogP contribution in [0, 0.1) is 0 Å². The monoisotopic (exact) mass is 215 g/mol. The average molecular weight is 215 g/mol. The second kappa shape index (κ2) is 4.39. The normalized spacial score (nSPS) is 19.2. The molecule has 4 heteroatoms. The highest BCUT2D eigenvalue weighted by atomic mass is 16.6. The number of alkyl carbamates (subject to hydrolysis) is 1. The van der Waals surface area contributed by atoms with Crippen molar-refractivity contribution in [3.63, 3.8) is 0 Å². The molecule has 1 N–H and O–H groups in total. The largest absolute Gasteiger partial charge is 0.444 e. The molecule has 0 atom stereocenters. The predicted octanol–water partition coefficient (Wildman–Crippen LogP) is 2.08. The minimum absolute atomic E-state index is 0.183. The van der Waals surface area contributed by atoms with Crippen LogP contribution in [0.5, 0.6) is 0 Å². The number of ether oxygens (including phenoxy) is 2. The van der Waals surface area contributed by atoms with E-state index in [0.29, 0.717) is 13.2 Å². The minimum atomic E-state index is -0.442. The van der Waals surface area contributed by atoms with Crippen LogP contribution in [-0.4, -0.2) is 30.4 Å². The Morgan fingerprint density at radius 3 is 2.40 bits per heavy atom. The molecule has 1 amide bonds. The van der Waals surface area contributed by atoms with Crippen molar-refractivity contribution in [2.45, 2.75) is 51.7 Å². The first kappa shape index (κ1) is 12.3. The summed E-state index contributed by atoms with van der Waals surface area (Å²) in [5.41, 5.74) is -0.626. The summed E-state index contributed by atoms with van der Waals surface area (Å²) in [6.07, 6.45) is 1.62. The average Bonchev–Trinajstić information content (AvgIpc) is 1.96. The van der Waals surface area contributed by atoms with Crippen LogP contribution < -0.4 is 5.32 Å². The second-order valence-corrected chi connectivity index (χ2v) is 5.15. The Kier molecular flexibility index (Phi) is 3.60. The molecule has 0 aromatic rings. The van der Waals surface area contributed by atoms with Crippen LogP contribution in [0.4, 0.5) is 4.79 Å². The second-order valence-electron chi connectivity index (χ2n) is 5.15. The van der Waals surface area contributed by atoms with Crippen molar-refractivity contribution in [1.29, 1.82) is 0 Å². The Hall–Kier alpha value is -0.770. The van der Waals surface area contributed by atoms with E-state index in [2.05, 4.69) is 12.2 Å². The molecule has 0 aromatic heterocycles. The van der Waals surface area contributed by atoms with Gasteiger partial charge in [-0.1, -0.05) is 13.3 Å². The quantitative estimate of drug-likeness (QED) is 0.784. The Labute approximate surface area is 91.3 Å². The van der Waals surface area contributed by atoms with Crippen molar-refractivity contribution in [2.24, 2.45) is 0 Å². The molecule has 1 heterocycles. The molecule has 0 aliphatic carbocycles. The van der Waals surface area contributed by atoms with Crippen LogP contribution >= 0.6 is 0 Å². The number of rotatable bonds is 3. The molecular formula is C11H21NO3. The highest BCUT2D eigenvalue weighted by Crippen LogP contribution is 2.23. The molecule has 0 bridgehead atoms. The standard InChI is InChI=1S/C11H21NO3/c1-5-6-11(7-14-8-11)12-9(13)15-10(2,3)4/h5-8H2,1-4H3,(H,12,13). The molecule has 0 saturated carbocycles. The summed E-state index contributed by atoms with van der Waals surface area (Å²) in [7, 11) is 0.